The van der Waals surface area contributed by atoms with Crippen molar-refractivity contribution in [2.24, 2.45) is 14.1 Å². The molecule has 170 valence electrons. The fourth-order valence-corrected chi connectivity index (χ4v) is 5.10. The zero-order chi connectivity index (χ0) is 24.3. The summed E-state index contributed by atoms with van der Waals surface area (Å²) in [6.45, 7) is 16.7. The van der Waals surface area contributed by atoms with E-state index in [1.165, 1.54) is 11.1 Å². The van der Waals surface area contributed by atoms with Crippen molar-refractivity contribution < 1.29 is 0 Å². The molecule has 3 aromatic heterocycles. The summed E-state index contributed by atoms with van der Waals surface area (Å²) in [7, 11) is 4.19. The van der Waals surface area contributed by atoms with Gasteiger partial charge in [0.25, 0.3) is 0 Å². The lowest BCUT2D eigenvalue weighted by Crippen LogP contribution is -1.89. The minimum Gasteiger partial charge on any atom is -0.344 e. The number of nitrogens with zero attached hydrogens (tertiary/aromatic N) is 4. The second-order valence-corrected chi connectivity index (χ2v) is 9.22. The van der Waals surface area contributed by atoms with Gasteiger partial charge in [-0.3, -0.25) is 0 Å². The Morgan fingerprint density at radius 3 is 2.15 bits per heavy atom. The van der Waals surface area contributed by atoms with Crippen LogP contribution in [-0.2, 0) is 14.1 Å². The normalized spacial score (nSPS) is 13.3. The van der Waals surface area contributed by atoms with Gasteiger partial charge in [-0.1, -0.05) is 25.3 Å². The molecule has 3 aromatic rings. The Labute approximate surface area is 200 Å². The van der Waals surface area contributed by atoms with Gasteiger partial charge in [0.05, 0.1) is 28.3 Å². The summed E-state index contributed by atoms with van der Waals surface area (Å²) in [5.41, 5.74) is 15.1. The molecule has 0 saturated carbocycles. The van der Waals surface area contributed by atoms with Gasteiger partial charge in [0, 0.05) is 41.8 Å². The van der Waals surface area contributed by atoms with Gasteiger partial charge in [-0.05, 0) is 86.4 Å². The highest BCUT2D eigenvalue weighted by Gasteiger charge is 2.17. The largest absolute Gasteiger partial charge is 0.344 e. The van der Waals surface area contributed by atoms with Gasteiger partial charge in [-0.2, -0.15) is 0 Å². The zero-order valence-electron chi connectivity index (χ0n) is 20.8. The predicted octanol–water partition coefficient (Wildman–Crippen LogP) is 7.27. The van der Waals surface area contributed by atoms with Gasteiger partial charge in [0.1, 0.15) is 0 Å². The summed E-state index contributed by atoms with van der Waals surface area (Å²) < 4.78 is 4.42. The molecular formula is C30H30N4. The fourth-order valence-electron chi connectivity index (χ4n) is 5.10. The SMILES string of the molecule is C=CC1=C(C)c2cc3c(C)cc(cc4nc(cc5c(C=C)c(C)c(cc1n2)n5C)C(C)=C4)n3C. The lowest BCUT2D eigenvalue weighted by atomic mass is 10.1. The van der Waals surface area contributed by atoms with Crippen molar-refractivity contribution in [3.63, 3.8) is 0 Å². The first-order valence-electron chi connectivity index (χ1n) is 11.5. The lowest BCUT2D eigenvalue weighted by molar-refractivity contribution is 1.00. The number of hydrogen-bond donors (Lipinski definition) is 0. The minimum atomic E-state index is 0.931. The van der Waals surface area contributed by atoms with Crippen molar-refractivity contribution >= 4 is 50.9 Å². The maximum atomic E-state index is 5.06. The molecule has 8 bridgehead atoms. The van der Waals surface area contributed by atoms with Gasteiger partial charge in [-0.15, -0.1) is 0 Å². The minimum absolute atomic E-state index is 0.931. The molecule has 0 amide bonds. The van der Waals surface area contributed by atoms with Crippen LogP contribution in [0, 0.1) is 13.8 Å². The standard InChI is InChI=1S/C30H30N4/c1-9-23-19(5)26-15-28-18(4)12-22(33(28)7)13-21-11-17(3)25(31-21)14-30-24(10-2)20(6)29(34(30)8)16-27(23)32-26/h9-16H,1-2H2,3-8H3. The highest BCUT2D eigenvalue weighted by atomic mass is 14.9. The fraction of sp³-hybridized carbons (Fsp3) is 0.200. The maximum absolute atomic E-state index is 5.06. The van der Waals surface area contributed by atoms with Gasteiger partial charge in [0.15, 0.2) is 0 Å². The molecule has 0 atom stereocenters. The number of rotatable bonds is 2. The molecule has 34 heavy (non-hydrogen) atoms. The second-order valence-electron chi connectivity index (χ2n) is 9.22. The van der Waals surface area contributed by atoms with Crippen LogP contribution in [0.2, 0.25) is 0 Å². The summed E-state index contributed by atoms with van der Waals surface area (Å²) in [5.74, 6) is 0. The van der Waals surface area contributed by atoms with Crippen molar-refractivity contribution in [3.8, 4) is 0 Å². The molecule has 2 aliphatic heterocycles. The first kappa shape index (κ1) is 21.9. The van der Waals surface area contributed by atoms with Crippen molar-refractivity contribution in [2.75, 3.05) is 0 Å². The smallest absolute Gasteiger partial charge is 0.0733 e. The van der Waals surface area contributed by atoms with Crippen LogP contribution in [0.3, 0.4) is 0 Å². The van der Waals surface area contributed by atoms with Gasteiger partial charge < -0.3 is 9.13 Å². The number of allylic oxidation sites excluding steroid dienone is 4. The summed E-state index contributed by atoms with van der Waals surface area (Å²) in [4.78, 5) is 10.0. The van der Waals surface area contributed by atoms with Crippen LogP contribution in [-0.4, -0.2) is 19.1 Å². The quantitative estimate of drug-likeness (QED) is 0.415. The first-order chi connectivity index (χ1) is 16.2. The Balaban J connectivity index is 2.04. The van der Waals surface area contributed by atoms with E-state index in [-0.39, 0.29) is 0 Å². The van der Waals surface area contributed by atoms with Crippen molar-refractivity contribution in [1.29, 1.82) is 0 Å². The van der Waals surface area contributed by atoms with Crippen molar-refractivity contribution in [2.45, 2.75) is 27.7 Å². The van der Waals surface area contributed by atoms with Crippen LogP contribution < -0.4 is 0 Å². The van der Waals surface area contributed by atoms with Crippen LogP contribution in [0.15, 0.2) is 49.6 Å². The third-order valence-corrected chi connectivity index (χ3v) is 7.15. The second kappa shape index (κ2) is 7.84. The molecule has 0 unspecified atom stereocenters. The van der Waals surface area contributed by atoms with Crippen LogP contribution in [0.5, 0.6) is 0 Å². The maximum Gasteiger partial charge on any atom is 0.0733 e. The van der Waals surface area contributed by atoms with E-state index in [1.54, 1.807) is 0 Å². The molecule has 4 nitrogen and oxygen atoms in total. The topological polar surface area (TPSA) is 35.6 Å². The molecule has 0 N–H and O–H groups in total. The molecule has 0 spiro atoms. The summed E-state index contributed by atoms with van der Waals surface area (Å²) in [6, 6.07) is 10.9. The van der Waals surface area contributed by atoms with E-state index in [1.807, 2.05) is 12.2 Å². The average molecular weight is 447 g/mol. The number of aryl methyl sites for hydroxylation is 4. The number of fused-ring (bicyclic) bond motifs is 8. The summed E-state index contributed by atoms with van der Waals surface area (Å²) in [6.07, 6.45) is 6.00. The van der Waals surface area contributed by atoms with Crippen LogP contribution >= 0.6 is 0 Å². The lowest BCUT2D eigenvalue weighted by Gasteiger charge is -2.00. The van der Waals surface area contributed by atoms with Crippen LogP contribution in [0.4, 0.5) is 0 Å². The Hall–Kier alpha value is -3.92. The van der Waals surface area contributed by atoms with Crippen molar-refractivity contribution in [3.05, 3.63) is 89.0 Å². The van der Waals surface area contributed by atoms with Crippen LogP contribution in [0.25, 0.3) is 50.9 Å². The molecule has 2 aliphatic rings. The molecule has 4 heteroatoms. The Morgan fingerprint density at radius 2 is 1.44 bits per heavy atom. The summed E-state index contributed by atoms with van der Waals surface area (Å²) >= 11 is 0. The molecule has 5 rings (SSSR count). The molecular weight excluding hydrogens is 416 g/mol. The third kappa shape index (κ3) is 3.21. The highest BCUT2D eigenvalue weighted by molar-refractivity contribution is 5.97. The van der Waals surface area contributed by atoms with E-state index in [2.05, 4.69) is 100 Å². The van der Waals surface area contributed by atoms with E-state index in [9.17, 15) is 0 Å². The van der Waals surface area contributed by atoms with E-state index < -0.39 is 0 Å². The van der Waals surface area contributed by atoms with Gasteiger partial charge in [-0.25, -0.2) is 9.97 Å². The highest BCUT2D eigenvalue weighted by Crippen LogP contribution is 2.33. The average Bonchev–Trinajstić information content (AvgIpc) is 3.44. The van der Waals surface area contributed by atoms with E-state index in [0.717, 1.165) is 67.1 Å². The molecule has 5 heterocycles. The van der Waals surface area contributed by atoms with Gasteiger partial charge in [0.2, 0.25) is 0 Å². The Morgan fingerprint density at radius 1 is 0.735 bits per heavy atom. The van der Waals surface area contributed by atoms with Gasteiger partial charge >= 0.3 is 0 Å². The van der Waals surface area contributed by atoms with Crippen LogP contribution in [0.1, 0.15) is 53.3 Å². The zero-order valence-corrected chi connectivity index (χ0v) is 20.8. The molecule has 0 saturated heterocycles. The number of hydrogen-bond acceptors (Lipinski definition) is 2. The molecule has 0 fully saturated rings. The van der Waals surface area contributed by atoms with E-state index in [4.69, 9.17) is 9.97 Å². The molecule has 0 aromatic carbocycles. The molecule has 0 aliphatic carbocycles. The third-order valence-electron chi connectivity index (χ3n) is 7.15. The summed E-state index contributed by atoms with van der Waals surface area (Å²) in [5, 5.41) is 0. The first-order valence-corrected chi connectivity index (χ1v) is 11.5. The predicted molar refractivity (Wildman–Crippen MR) is 146 cm³/mol. The van der Waals surface area contributed by atoms with E-state index >= 15 is 0 Å². The molecule has 0 radical (unpaired) electrons. The Kier molecular flexibility index (Phi) is 5.05. The monoisotopic (exact) mass is 446 g/mol. The Bertz CT molecular complexity index is 1630. The van der Waals surface area contributed by atoms with Crippen molar-refractivity contribution in [1.82, 2.24) is 19.1 Å². The van der Waals surface area contributed by atoms with E-state index in [0.29, 0.717) is 0 Å². The number of aromatic nitrogens is 4.